The maximum absolute atomic E-state index is 12.2. The van der Waals surface area contributed by atoms with Crippen LogP contribution in [0, 0.1) is 11.8 Å². The molecule has 1 aliphatic heterocycles. The number of nitrogens with two attached hydrogens (primary N) is 1. The molecule has 5 nitrogen and oxygen atoms in total. The van der Waals surface area contributed by atoms with Crippen LogP contribution in [-0.4, -0.2) is 30.4 Å². The lowest BCUT2D eigenvalue weighted by Gasteiger charge is -2.32. The molecule has 4 N–H and O–H groups in total. The molecule has 1 aliphatic rings. The van der Waals surface area contributed by atoms with Gasteiger partial charge in [0.1, 0.15) is 5.54 Å². The second-order valence-electron chi connectivity index (χ2n) is 5.97. The zero-order valence-electron chi connectivity index (χ0n) is 13.4. The number of carbonyl (C=O) groups excluding carboxylic acids is 2. The Labute approximate surface area is 134 Å². The molecule has 1 saturated heterocycles. The Morgan fingerprint density at radius 2 is 1.81 bits per heavy atom. The molecule has 0 aromatic heterocycles. The van der Waals surface area contributed by atoms with E-state index in [4.69, 9.17) is 5.73 Å². The summed E-state index contributed by atoms with van der Waals surface area (Å²) in [7, 11) is 0. The average Bonchev–Trinajstić information content (AvgIpc) is 2.45. The molecular weight excluding hydrogens is 290 g/mol. The molecule has 6 heteroatoms. The monoisotopic (exact) mass is 319 g/mol. The third kappa shape index (κ3) is 5.47. The first-order valence-corrected chi connectivity index (χ1v) is 7.76. The predicted molar refractivity (Wildman–Crippen MR) is 87.3 cm³/mol. The van der Waals surface area contributed by atoms with Crippen molar-refractivity contribution in [2.75, 3.05) is 13.1 Å². The molecule has 1 unspecified atom stereocenters. The van der Waals surface area contributed by atoms with Crippen LogP contribution in [0.25, 0.3) is 0 Å². The zero-order chi connectivity index (χ0) is 15.2. The highest BCUT2D eigenvalue weighted by Gasteiger charge is 2.35. The van der Waals surface area contributed by atoms with Crippen molar-refractivity contribution in [1.82, 2.24) is 10.6 Å². The summed E-state index contributed by atoms with van der Waals surface area (Å²) in [5.41, 5.74) is 4.57. The first-order chi connectivity index (χ1) is 9.45. The summed E-state index contributed by atoms with van der Waals surface area (Å²) in [6, 6.07) is 0. The van der Waals surface area contributed by atoms with Crippen LogP contribution < -0.4 is 16.4 Å². The van der Waals surface area contributed by atoms with Gasteiger partial charge in [-0.05, 0) is 50.6 Å². The summed E-state index contributed by atoms with van der Waals surface area (Å²) in [5.74, 6) is 0.438. The van der Waals surface area contributed by atoms with Crippen LogP contribution in [-0.2, 0) is 9.59 Å². The predicted octanol–water partition coefficient (Wildman–Crippen LogP) is 1.59. The molecule has 1 rings (SSSR count). The number of halogens is 1. The van der Waals surface area contributed by atoms with Crippen LogP contribution in [0.1, 0.15) is 52.9 Å². The van der Waals surface area contributed by atoms with E-state index in [0.717, 1.165) is 25.9 Å². The van der Waals surface area contributed by atoms with Crippen molar-refractivity contribution in [1.29, 1.82) is 0 Å². The third-order valence-corrected chi connectivity index (χ3v) is 4.75. The molecule has 0 bridgehead atoms. The van der Waals surface area contributed by atoms with Crippen LogP contribution in [0.15, 0.2) is 0 Å². The maximum atomic E-state index is 12.2. The van der Waals surface area contributed by atoms with Crippen LogP contribution >= 0.6 is 12.4 Å². The van der Waals surface area contributed by atoms with Crippen molar-refractivity contribution < 1.29 is 9.59 Å². The molecule has 0 saturated carbocycles. The number of carbonyl (C=O) groups is 2. The molecule has 0 radical (unpaired) electrons. The van der Waals surface area contributed by atoms with Gasteiger partial charge in [-0.3, -0.25) is 9.59 Å². The lowest BCUT2D eigenvalue weighted by atomic mass is 9.83. The highest BCUT2D eigenvalue weighted by atomic mass is 35.5. The molecule has 21 heavy (non-hydrogen) atoms. The van der Waals surface area contributed by atoms with Crippen molar-refractivity contribution in [2.45, 2.75) is 58.4 Å². The number of amides is 2. The van der Waals surface area contributed by atoms with Gasteiger partial charge in [-0.1, -0.05) is 20.8 Å². The highest BCUT2D eigenvalue weighted by molar-refractivity contribution is 5.90. The van der Waals surface area contributed by atoms with E-state index in [1.807, 2.05) is 13.8 Å². The number of piperidine rings is 1. The first-order valence-electron chi connectivity index (χ1n) is 7.76. The summed E-state index contributed by atoms with van der Waals surface area (Å²) >= 11 is 0. The van der Waals surface area contributed by atoms with Gasteiger partial charge in [0, 0.05) is 6.42 Å². The van der Waals surface area contributed by atoms with E-state index >= 15 is 0 Å². The fourth-order valence-corrected chi connectivity index (χ4v) is 3.03. The third-order valence-electron chi connectivity index (χ3n) is 4.75. The standard InChI is InChI=1S/C15H29N3O2.ClH/c1-4-15(5-2,14(16)20)18-13(19)10-11(3)12-6-8-17-9-7-12;/h11-12,17H,4-10H2,1-3H3,(H2,16,20)(H,18,19);1H. The lowest BCUT2D eigenvalue weighted by molar-refractivity contribution is -0.132. The van der Waals surface area contributed by atoms with Crippen LogP contribution in [0.4, 0.5) is 0 Å². The fraction of sp³-hybridized carbons (Fsp3) is 0.867. The molecule has 0 aromatic carbocycles. The molecule has 124 valence electrons. The van der Waals surface area contributed by atoms with E-state index < -0.39 is 11.4 Å². The lowest BCUT2D eigenvalue weighted by Crippen LogP contribution is -2.57. The van der Waals surface area contributed by atoms with E-state index in [-0.39, 0.29) is 18.3 Å². The van der Waals surface area contributed by atoms with Crippen LogP contribution in [0.5, 0.6) is 0 Å². The Bertz CT molecular complexity index is 340. The molecule has 1 fully saturated rings. The first kappa shape index (κ1) is 20.2. The van der Waals surface area contributed by atoms with E-state index in [1.165, 1.54) is 0 Å². The number of hydrogen-bond acceptors (Lipinski definition) is 3. The summed E-state index contributed by atoms with van der Waals surface area (Å²) in [6.07, 6.45) is 3.78. The summed E-state index contributed by atoms with van der Waals surface area (Å²) in [5, 5.41) is 6.20. The van der Waals surface area contributed by atoms with Crippen LogP contribution in [0.3, 0.4) is 0 Å². The van der Waals surface area contributed by atoms with Gasteiger partial charge in [0.2, 0.25) is 11.8 Å². The molecule has 1 atom stereocenters. The van der Waals surface area contributed by atoms with Crippen molar-refractivity contribution in [3.05, 3.63) is 0 Å². The Morgan fingerprint density at radius 3 is 2.24 bits per heavy atom. The molecule has 0 spiro atoms. The minimum atomic E-state index is -0.884. The van der Waals surface area contributed by atoms with E-state index in [2.05, 4.69) is 17.6 Å². The number of primary amides is 1. The van der Waals surface area contributed by atoms with E-state index in [1.54, 1.807) is 0 Å². The summed E-state index contributed by atoms with van der Waals surface area (Å²) < 4.78 is 0. The van der Waals surface area contributed by atoms with Gasteiger partial charge in [-0.2, -0.15) is 0 Å². The van der Waals surface area contributed by atoms with Crippen LogP contribution in [0.2, 0.25) is 0 Å². The second kappa shape index (κ2) is 9.26. The zero-order valence-corrected chi connectivity index (χ0v) is 14.2. The van der Waals surface area contributed by atoms with Crippen molar-refractivity contribution in [3.63, 3.8) is 0 Å². The molecule has 0 aromatic rings. The minimum absolute atomic E-state index is 0. The summed E-state index contributed by atoms with van der Waals surface area (Å²) in [4.78, 5) is 23.8. The van der Waals surface area contributed by atoms with Gasteiger partial charge < -0.3 is 16.4 Å². The fourth-order valence-electron chi connectivity index (χ4n) is 3.03. The van der Waals surface area contributed by atoms with Gasteiger partial charge in [0.25, 0.3) is 0 Å². The number of hydrogen-bond donors (Lipinski definition) is 3. The highest BCUT2D eigenvalue weighted by Crippen LogP contribution is 2.25. The molecule has 1 heterocycles. The topological polar surface area (TPSA) is 84.2 Å². The second-order valence-corrected chi connectivity index (χ2v) is 5.97. The van der Waals surface area contributed by atoms with Crippen molar-refractivity contribution >= 4 is 24.2 Å². The minimum Gasteiger partial charge on any atom is -0.368 e. The van der Waals surface area contributed by atoms with E-state index in [0.29, 0.717) is 31.1 Å². The summed E-state index contributed by atoms with van der Waals surface area (Å²) in [6.45, 7) is 7.95. The van der Waals surface area contributed by atoms with Crippen molar-refractivity contribution in [3.8, 4) is 0 Å². The normalized spacial score (nSPS) is 17.7. The molecule has 0 aliphatic carbocycles. The van der Waals surface area contributed by atoms with Gasteiger partial charge in [0.05, 0.1) is 0 Å². The van der Waals surface area contributed by atoms with Gasteiger partial charge in [-0.15, -0.1) is 12.4 Å². The Morgan fingerprint density at radius 1 is 1.29 bits per heavy atom. The van der Waals surface area contributed by atoms with Gasteiger partial charge in [-0.25, -0.2) is 0 Å². The quantitative estimate of drug-likeness (QED) is 0.666. The largest absolute Gasteiger partial charge is 0.368 e. The maximum Gasteiger partial charge on any atom is 0.243 e. The SMILES string of the molecule is CCC(CC)(NC(=O)CC(C)C1CCNCC1)C(N)=O.Cl. The van der Waals surface area contributed by atoms with Gasteiger partial charge >= 0.3 is 0 Å². The number of rotatable bonds is 7. The average molecular weight is 320 g/mol. The van der Waals surface area contributed by atoms with Gasteiger partial charge in [0.15, 0.2) is 0 Å². The molecular formula is C15H30ClN3O2. The molecule has 2 amide bonds. The van der Waals surface area contributed by atoms with E-state index in [9.17, 15) is 9.59 Å². The Kier molecular flexibility index (Phi) is 8.90. The Balaban J connectivity index is 0.00000400. The van der Waals surface area contributed by atoms with Crippen molar-refractivity contribution in [2.24, 2.45) is 17.6 Å². The smallest absolute Gasteiger partial charge is 0.243 e. The Hall–Kier alpha value is -0.810. The number of nitrogens with one attached hydrogen (secondary N) is 2.